The summed E-state index contributed by atoms with van der Waals surface area (Å²) in [6.45, 7) is 1.89. The van der Waals surface area contributed by atoms with E-state index in [1.54, 1.807) is 0 Å². The van der Waals surface area contributed by atoms with Gasteiger partial charge in [0.25, 0.3) is 5.91 Å². The summed E-state index contributed by atoms with van der Waals surface area (Å²) in [5.74, 6) is 4.70. The highest BCUT2D eigenvalue weighted by Gasteiger charge is 2.17. The zero-order valence-corrected chi connectivity index (χ0v) is 7.61. The van der Waals surface area contributed by atoms with Gasteiger partial charge >= 0.3 is 0 Å². The Morgan fingerprint density at radius 3 is 2.77 bits per heavy atom. The molecule has 1 aliphatic rings. The molecule has 0 unspecified atom stereocenters. The minimum absolute atomic E-state index is 0. The van der Waals surface area contributed by atoms with Crippen molar-refractivity contribution in [2.24, 2.45) is 5.84 Å². The van der Waals surface area contributed by atoms with E-state index in [1.807, 2.05) is 13.0 Å². The maximum absolute atomic E-state index is 11.2. The minimum atomic E-state index is -0.312. The van der Waals surface area contributed by atoms with Crippen molar-refractivity contribution in [1.82, 2.24) is 5.43 Å². The summed E-state index contributed by atoms with van der Waals surface area (Å²) in [5.41, 5.74) is 3.58. The Balaban J connectivity index is 0.00000144. The molecule has 0 radical (unpaired) electrons. The third kappa shape index (κ3) is 2.57. The number of nitrogens with one attached hydrogen (secondary N) is 1. The first-order chi connectivity index (χ1) is 5.66. The zero-order valence-electron chi connectivity index (χ0n) is 6.86. The van der Waals surface area contributed by atoms with Crippen LogP contribution in [-0.2, 0) is 4.79 Å². The second-order valence-electron chi connectivity index (χ2n) is 2.72. The molecular formula is C9H15ClN2O. The SMILES string of the molecule is C.CC1=C(C(=O)NN)C(Cl)=CCC1. The lowest BCUT2D eigenvalue weighted by molar-refractivity contribution is -0.117. The van der Waals surface area contributed by atoms with E-state index < -0.39 is 0 Å². The van der Waals surface area contributed by atoms with Gasteiger partial charge < -0.3 is 0 Å². The smallest absolute Gasteiger partial charge is 0.266 e. The van der Waals surface area contributed by atoms with Gasteiger partial charge in [-0.1, -0.05) is 30.7 Å². The molecule has 0 aliphatic heterocycles. The van der Waals surface area contributed by atoms with Crippen molar-refractivity contribution in [3.05, 3.63) is 22.3 Å². The average molecular weight is 203 g/mol. The number of hydrazine groups is 1. The molecule has 4 heteroatoms. The van der Waals surface area contributed by atoms with Crippen LogP contribution in [0.25, 0.3) is 0 Å². The second kappa shape index (κ2) is 5.04. The van der Waals surface area contributed by atoms with Gasteiger partial charge in [-0.3, -0.25) is 10.2 Å². The summed E-state index contributed by atoms with van der Waals surface area (Å²) in [5, 5.41) is 0.502. The highest BCUT2D eigenvalue weighted by atomic mass is 35.5. The van der Waals surface area contributed by atoms with Gasteiger partial charge in [-0.15, -0.1) is 0 Å². The fraction of sp³-hybridized carbons (Fsp3) is 0.444. The first kappa shape index (κ1) is 12.2. The molecule has 0 aromatic rings. The number of rotatable bonds is 1. The van der Waals surface area contributed by atoms with E-state index in [1.165, 1.54) is 0 Å². The fourth-order valence-electron chi connectivity index (χ4n) is 1.22. The summed E-state index contributed by atoms with van der Waals surface area (Å²) in [6.07, 6.45) is 3.60. The van der Waals surface area contributed by atoms with Gasteiger partial charge in [0.2, 0.25) is 0 Å². The monoisotopic (exact) mass is 202 g/mol. The van der Waals surface area contributed by atoms with Crippen molar-refractivity contribution in [1.29, 1.82) is 0 Å². The molecule has 1 aliphatic carbocycles. The van der Waals surface area contributed by atoms with Gasteiger partial charge in [0, 0.05) is 5.03 Å². The maximum Gasteiger partial charge on any atom is 0.266 e. The molecule has 1 rings (SSSR count). The minimum Gasteiger partial charge on any atom is -0.290 e. The molecule has 0 saturated heterocycles. The van der Waals surface area contributed by atoms with Gasteiger partial charge in [0.05, 0.1) is 5.57 Å². The van der Waals surface area contributed by atoms with Crippen LogP contribution in [0.5, 0.6) is 0 Å². The molecule has 0 heterocycles. The van der Waals surface area contributed by atoms with Crippen molar-refractivity contribution >= 4 is 17.5 Å². The molecule has 3 N–H and O–H groups in total. The molecule has 0 fully saturated rings. The zero-order chi connectivity index (χ0) is 9.14. The van der Waals surface area contributed by atoms with E-state index in [-0.39, 0.29) is 13.3 Å². The van der Waals surface area contributed by atoms with Crippen LogP contribution >= 0.6 is 11.6 Å². The van der Waals surface area contributed by atoms with Gasteiger partial charge in [-0.2, -0.15) is 0 Å². The average Bonchev–Trinajstić information content (AvgIpc) is 2.03. The Kier molecular flexibility index (Phi) is 4.73. The summed E-state index contributed by atoms with van der Waals surface area (Å²) >= 11 is 5.84. The predicted octanol–water partition coefficient (Wildman–Crippen LogP) is 1.85. The lowest BCUT2D eigenvalue weighted by Gasteiger charge is -2.13. The number of halogens is 1. The molecule has 0 spiro atoms. The predicted molar refractivity (Wildman–Crippen MR) is 54.9 cm³/mol. The lowest BCUT2D eigenvalue weighted by Crippen LogP contribution is -2.32. The third-order valence-electron chi connectivity index (χ3n) is 1.87. The van der Waals surface area contributed by atoms with Crippen LogP contribution in [0, 0.1) is 0 Å². The van der Waals surface area contributed by atoms with Crippen LogP contribution in [0.1, 0.15) is 27.2 Å². The van der Waals surface area contributed by atoms with E-state index in [9.17, 15) is 4.79 Å². The molecule has 13 heavy (non-hydrogen) atoms. The second-order valence-corrected chi connectivity index (χ2v) is 3.13. The lowest BCUT2D eigenvalue weighted by atomic mass is 9.98. The van der Waals surface area contributed by atoms with Crippen LogP contribution in [0.15, 0.2) is 22.3 Å². The largest absolute Gasteiger partial charge is 0.290 e. The van der Waals surface area contributed by atoms with Gasteiger partial charge in [-0.05, 0) is 19.8 Å². The molecule has 74 valence electrons. The van der Waals surface area contributed by atoms with Crippen molar-refractivity contribution in [2.45, 2.75) is 27.2 Å². The number of nitrogens with two attached hydrogens (primary N) is 1. The molecule has 0 aromatic heterocycles. The fourth-order valence-corrected chi connectivity index (χ4v) is 1.58. The molecule has 3 nitrogen and oxygen atoms in total. The number of allylic oxidation sites excluding steroid dienone is 2. The van der Waals surface area contributed by atoms with Crippen LogP contribution in [0.2, 0.25) is 0 Å². The molecular weight excluding hydrogens is 188 g/mol. The Morgan fingerprint density at radius 2 is 2.31 bits per heavy atom. The summed E-state index contributed by atoms with van der Waals surface area (Å²) in [6, 6.07) is 0. The van der Waals surface area contributed by atoms with E-state index in [0.29, 0.717) is 10.6 Å². The highest BCUT2D eigenvalue weighted by Crippen LogP contribution is 2.27. The molecule has 0 bridgehead atoms. The number of hydrogen-bond acceptors (Lipinski definition) is 2. The van der Waals surface area contributed by atoms with Crippen LogP contribution in [0.4, 0.5) is 0 Å². The Labute approximate surface area is 83.6 Å². The van der Waals surface area contributed by atoms with Crippen LogP contribution in [-0.4, -0.2) is 5.91 Å². The first-order valence-electron chi connectivity index (χ1n) is 3.73. The third-order valence-corrected chi connectivity index (χ3v) is 2.21. The number of carbonyl (C=O) groups excluding carboxylic acids is 1. The first-order valence-corrected chi connectivity index (χ1v) is 4.11. The summed E-state index contributed by atoms with van der Waals surface area (Å²) in [4.78, 5) is 11.2. The van der Waals surface area contributed by atoms with E-state index in [2.05, 4.69) is 5.43 Å². The molecule has 0 atom stereocenters. The van der Waals surface area contributed by atoms with Gasteiger partial charge in [0.1, 0.15) is 0 Å². The standard InChI is InChI=1S/C8H11ClN2O.CH4/c1-5-3-2-4-6(9)7(5)8(12)11-10;/h4H,2-3,10H2,1H3,(H,11,12);1H4. The Bertz CT molecular complexity index is 269. The van der Waals surface area contributed by atoms with Gasteiger partial charge in [0.15, 0.2) is 0 Å². The van der Waals surface area contributed by atoms with E-state index in [0.717, 1.165) is 18.4 Å². The highest BCUT2D eigenvalue weighted by molar-refractivity contribution is 6.35. The van der Waals surface area contributed by atoms with E-state index in [4.69, 9.17) is 17.4 Å². The van der Waals surface area contributed by atoms with E-state index >= 15 is 0 Å². The quantitative estimate of drug-likeness (QED) is 0.387. The topological polar surface area (TPSA) is 55.1 Å². The normalized spacial score (nSPS) is 16.1. The number of amides is 1. The van der Waals surface area contributed by atoms with Crippen molar-refractivity contribution in [3.8, 4) is 0 Å². The molecule has 1 amide bonds. The summed E-state index contributed by atoms with van der Waals surface area (Å²) in [7, 11) is 0. The Hall–Kier alpha value is -0.800. The number of carbonyl (C=O) groups is 1. The Morgan fingerprint density at radius 1 is 1.69 bits per heavy atom. The van der Waals surface area contributed by atoms with Gasteiger partial charge in [-0.25, -0.2) is 5.84 Å². The van der Waals surface area contributed by atoms with Crippen molar-refractivity contribution < 1.29 is 4.79 Å². The van der Waals surface area contributed by atoms with Crippen LogP contribution < -0.4 is 11.3 Å². The van der Waals surface area contributed by atoms with Crippen molar-refractivity contribution in [3.63, 3.8) is 0 Å². The number of hydrogen-bond donors (Lipinski definition) is 2. The summed E-state index contributed by atoms with van der Waals surface area (Å²) < 4.78 is 0. The van der Waals surface area contributed by atoms with Crippen molar-refractivity contribution in [2.75, 3.05) is 0 Å². The molecule has 0 aromatic carbocycles. The van der Waals surface area contributed by atoms with Crippen LogP contribution in [0.3, 0.4) is 0 Å². The molecule has 0 saturated carbocycles. The maximum atomic E-state index is 11.2.